The van der Waals surface area contributed by atoms with Crippen molar-refractivity contribution in [2.45, 2.75) is 32.0 Å². The monoisotopic (exact) mass is 301 g/mol. The zero-order valence-corrected chi connectivity index (χ0v) is 13.6. The number of nitrogens with one attached hydrogen (secondary N) is 1. The molecular weight excluding hydrogens is 278 g/mol. The summed E-state index contributed by atoms with van der Waals surface area (Å²) < 4.78 is 3.96. The van der Waals surface area contributed by atoms with Crippen LogP contribution >= 0.6 is 0 Å². The average Bonchev–Trinajstić information content (AvgIpc) is 3.11. The second kappa shape index (κ2) is 5.61. The smallest absolute Gasteiger partial charge is 0.224 e. The summed E-state index contributed by atoms with van der Waals surface area (Å²) in [6, 6.07) is 4.28. The van der Waals surface area contributed by atoms with Crippen LogP contribution in [0.1, 0.15) is 29.4 Å². The first-order chi connectivity index (χ1) is 10.5. The first kappa shape index (κ1) is 14.8. The minimum absolute atomic E-state index is 0.0430. The minimum Gasteiger partial charge on any atom is -0.353 e. The number of likely N-dealkylation sites (N-methyl/N-ethyl adjacent to an activating group) is 1. The fraction of sp³-hybridized carbons (Fsp3) is 0.500. The number of likely N-dealkylation sites (tertiary alicyclic amines) is 1. The quantitative estimate of drug-likeness (QED) is 0.921. The predicted molar refractivity (Wildman–Crippen MR) is 84.1 cm³/mol. The van der Waals surface area contributed by atoms with Crippen molar-refractivity contribution in [2.75, 3.05) is 7.05 Å². The molecule has 118 valence electrons. The normalized spacial score (nSPS) is 21.8. The van der Waals surface area contributed by atoms with Gasteiger partial charge in [0.25, 0.3) is 0 Å². The number of amides is 1. The van der Waals surface area contributed by atoms with Crippen molar-refractivity contribution < 1.29 is 4.79 Å². The highest BCUT2D eigenvalue weighted by molar-refractivity contribution is 5.80. The standard InChI is InChI=1S/C16H23N5O/c1-11-13(10-18-21(11)4)16-14(8-15(22)20(16)3)17-9-12-6-5-7-19(12)2/h5-7,10,14,16-17H,8-9H2,1-4H3/t14-,16+/m1/s1. The van der Waals surface area contributed by atoms with Crippen LogP contribution in [0, 0.1) is 6.92 Å². The summed E-state index contributed by atoms with van der Waals surface area (Å²) in [5, 5.41) is 7.88. The van der Waals surface area contributed by atoms with Gasteiger partial charge in [-0.25, -0.2) is 0 Å². The molecule has 2 atom stereocenters. The number of hydrogen-bond donors (Lipinski definition) is 1. The van der Waals surface area contributed by atoms with E-state index in [2.05, 4.69) is 21.0 Å². The Morgan fingerprint density at radius 2 is 2.14 bits per heavy atom. The third kappa shape index (κ3) is 2.43. The first-order valence-electron chi connectivity index (χ1n) is 7.56. The van der Waals surface area contributed by atoms with E-state index in [1.165, 1.54) is 5.69 Å². The Balaban J connectivity index is 1.81. The second-order valence-corrected chi connectivity index (χ2v) is 6.06. The Morgan fingerprint density at radius 3 is 2.73 bits per heavy atom. The second-order valence-electron chi connectivity index (χ2n) is 6.06. The van der Waals surface area contributed by atoms with Crippen molar-refractivity contribution in [3.8, 4) is 0 Å². The number of aromatic nitrogens is 3. The fourth-order valence-corrected chi connectivity index (χ4v) is 3.20. The van der Waals surface area contributed by atoms with Gasteiger partial charge in [0.15, 0.2) is 0 Å². The maximum Gasteiger partial charge on any atom is 0.224 e. The summed E-state index contributed by atoms with van der Waals surface area (Å²) >= 11 is 0. The van der Waals surface area contributed by atoms with Crippen LogP contribution in [0.5, 0.6) is 0 Å². The van der Waals surface area contributed by atoms with E-state index in [1.54, 1.807) is 0 Å². The van der Waals surface area contributed by atoms with E-state index in [0.717, 1.165) is 17.8 Å². The third-order valence-corrected chi connectivity index (χ3v) is 4.77. The van der Waals surface area contributed by atoms with Crippen molar-refractivity contribution in [1.82, 2.24) is 24.6 Å². The zero-order chi connectivity index (χ0) is 15.9. The fourth-order valence-electron chi connectivity index (χ4n) is 3.20. The third-order valence-electron chi connectivity index (χ3n) is 4.77. The van der Waals surface area contributed by atoms with Crippen molar-refractivity contribution in [3.05, 3.63) is 41.5 Å². The van der Waals surface area contributed by atoms with Crippen molar-refractivity contribution >= 4 is 5.91 Å². The number of aryl methyl sites for hydroxylation is 2. The van der Waals surface area contributed by atoms with Crippen molar-refractivity contribution in [3.63, 3.8) is 0 Å². The van der Waals surface area contributed by atoms with Crippen LogP contribution in [-0.2, 0) is 25.4 Å². The van der Waals surface area contributed by atoms with Crippen LogP contribution in [0.25, 0.3) is 0 Å². The van der Waals surface area contributed by atoms with Gasteiger partial charge in [-0.3, -0.25) is 9.48 Å². The predicted octanol–water partition coefficient (Wildman–Crippen LogP) is 1.13. The lowest BCUT2D eigenvalue weighted by Crippen LogP contribution is -2.35. The van der Waals surface area contributed by atoms with Crippen LogP contribution in [0.2, 0.25) is 0 Å². The summed E-state index contributed by atoms with van der Waals surface area (Å²) in [5.41, 5.74) is 3.45. The number of hydrogen-bond acceptors (Lipinski definition) is 3. The van der Waals surface area contributed by atoms with Gasteiger partial charge < -0.3 is 14.8 Å². The Morgan fingerprint density at radius 1 is 1.36 bits per heavy atom. The van der Waals surface area contributed by atoms with Crippen molar-refractivity contribution in [1.29, 1.82) is 0 Å². The zero-order valence-electron chi connectivity index (χ0n) is 13.6. The minimum atomic E-state index is 0.0430. The number of nitrogens with zero attached hydrogens (tertiary/aromatic N) is 4. The molecule has 0 bridgehead atoms. The molecule has 22 heavy (non-hydrogen) atoms. The van der Waals surface area contributed by atoms with Crippen molar-refractivity contribution in [2.24, 2.45) is 14.1 Å². The molecule has 3 heterocycles. The molecule has 2 aromatic heterocycles. The van der Waals surface area contributed by atoms with Crippen LogP contribution in [0.4, 0.5) is 0 Å². The molecular formula is C16H23N5O. The molecule has 0 aliphatic carbocycles. The molecule has 1 amide bonds. The first-order valence-corrected chi connectivity index (χ1v) is 7.56. The molecule has 6 nitrogen and oxygen atoms in total. The molecule has 1 aliphatic heterocycles. The van der Waals surface area contributed by atoms with Gasteiger partial charge in [-0.2, -0.15) is 5.10 Å². The molecule has 1 aliphatic rings. The largest absolute Gasteiger partial charge is 0.353 e. The lowest BCUT2D eigenvalue weighted by atomic mass is 10.0. The Bertz CT molecular complexity index is 687. The highest BCUT2D eigenvalue weighted by Crippen LogP contribution is 2.33. The number of rotatable bonds is 4. The molecule has 0 radical (unpaired) electrons. The van der Waals surface area contributed by atoms with Gasteiger partial charge in [-0.1, -0.05) is 0 Å². The molecule has 6 heteroatoms. The van der Waals surface area contributed by atoms with Gasteiger partial charge in [-0.05, 0) is 19.1 Å². The van der Waals surface area contributed by atoms with Gasteiger partial charge in [0.2, 0.25) is 5.91 Å². The molecule has 0 unspecified atom stereocenters. The molecule has 0 aromatic carbocycles. The van der Waals surface area contributed by atoms with E-state index >= 15 is 0 Å². The SMILES string of the molecule is Cc1c([C@H]2[C@H](NCc3cccn3C)CC(=O)N2C)cnn1C. The number of carbonyl (C=O) groups excluding carboxylic acids is 1. The van der Waals surface area contributed by atoms with E-state index in [9.17, 15) is 4.79 Å². The molecule has 1 saturated heterocycles. The summed E-state index contributed by atoms with van der Waals surface area (Å²) in [4.78, 5) is 14.0. The lowest BCUT2D eigenvalue weighted by Gasteiger charge is -2.25. The number of carbonyl (C=O) groups is 1. The van der Waals surface area contributed by atoms with Gasteiger partial charge in [-0.15, -0.1) is 0 Å². The average molecular weight is 301 g/mol. The van der Waals surface area contributed by atoms with E-state index in [-0.39, 0.29) is 18.0 Å². The van der Waals surface area contributed by atoms with E-state index in [0.29, 0.717) is 6.42 Å². The van der Waals surface area contributed by atoms with E-state index in [1.807, 2.05) is 56.1 Å². The van der Waals surface area contributed by atoms with Gasteiger partial charge >= 0.3 is 0 Å². The highest BCUT2D eigenvalue weighted by Gasteiger charge is 2.39. The van der Waals surface area contributed by atoms with E-state index in [4.69, 9.17) is 0 Å². The Hall–Kier alpha value is -2.08. The molecule has 3 rings (SSSR count). The Kier molecular flexibility index (Phi) is 3.78. The van der Waals surface area contributed by atoms with Gasteiger partial charge in [0.05, 0.1) is 12.2 Å². The lowest BCUT2D eigenvalue weighted by molar-refractivity contribution is -0.127. The van der Waals surface area contributed by atoms with Gasteiger partial charge in [0, 0.05) is 63.3 Å². The molecule has 1 fully saturated rings. The highest BCUT2D eigenvalue weighted by atomic mass is 16.2. The molecule has 2 aromatic rings. The summed E-state index contributed by atoms with van der Waals surface area (Å²) in [7, 11) is 5.84. The van der Waals surface area contributed by atoms with Crippen LogP contribution in [0.3, 0.4) is 0 Å². The molecule has 0 spiro atoms. The summed E-state index contributed by atoms with van der Waals surface area (Å²) in [6.07, 6.45) is 4.44. The maximum atomic E-state index is 12.2. The van der Waals surface area contributed by atoms with Crippen LogP contribution in [0.15, 0.2) is 24.5 Å². The van der Waals surface area contributed by atoms with Gasteiger partial charge in [0.1, 0.15) is 0 Å². The molecule has 0 saturated carbocycles. The summed E-state index contributed by atoms with van der Waals surface area (Å²) in [6.45, 7) is 2.80. The van der Waals surface area contributed by atoms with Crippen LogP contribution < -0.4 is 5.32 Å². The maximum absolute atomic E-state index is 12.2. The topological polar surface area (TPSA) is 55.1 Å². The van der Waals surface area contributed by atoms with Crippen LogP contribution in [-0.4, -0.2) is 38.2 Å². The Labute approximate surface area is 130 Å². The molecule has 1 N–H and O–H groups in total. The van der Waals surface area contributed by atoms with E-state index < -0.39 is 0 Å². The summed E-state index contributed by atoms with van der Waals surface area (Å²) in [5.74, 6) is 0.178.